The van der Waals surface area contributed by atoms with Gasteiger partial charge in [-0.05, 0) is 25.0 Å². The average Bonchev–Trinajstić information content (AvgIpc) is 2.52. The van der Waals surface area contributed by atoms with Crippen molar-refractivity contribution in [1.29, 1.82) is 0 Å². The molecule has 0 saturated carbocycles. The van der Waals surface area contributed by atoms with Crippen LogP contribution in [0.1, 0.15) is 25.0 Å². The molecule has 0 unspecified atom stereocenters. The Morgan fingerprint density at radius 1 is 0.650 bits per heavy atom. The fourth-order valence-electron chi connectivity index (χ4n) is 2.59. The predicted molar refractivity (Wildman–Crippen MR) is 79.5 cm³/mol. The second-order valence-electron chi connectivity index (χ2n) is 5.77. The minimum absolute atomic E-state index is 0.366. The molecule has 104 valence electrons. The zero-order valence-electron chi connectivity index (χ0n) is 12.0. The van der Waals surface area contributed by atoms with Crippen LogP contribution in [0.25, 0.3) is 0 Å². The van der Waals surface area contributed by atoms with Gasteiger partial charge in [0.15, 0.2) is 0 Å². The van der Waals surface area contributed by atoms with E-state index < -0.39 is 0 Å². The van der Waals surface area contributed by atoms with Crippen molar-refractivity contribution in [3.05, 3.63) is 71.8 Å². The molecule has 0 radical (unpaired) electrons. The Kier molecular flexibility index (Phi) is 3.36. The molecule has 2 aromatic rings. The van der Waals surface area contributed by atoms with Crippen molar-refractivity contribution in [2.75, 3.05) is 13.2 Å². The third-order valence-corrected chi connectivity index (χ3v) is 4.10. The highest BCUT2D eigenvalue weighted by atomic mass is 16.6. The third-order valence-electron chi connectivity index (χ3n) is 4.10. The van der Waals surface area contributed by atoms with E-state index >= 15 is 0 Å². The monoisotopic (exact) mass is 268 g/mol. The Labute approximate surface area is 120 Å². The van der Waals surface area contributed by atoms with Gasteiger partial charge in [0.25, 0.3) is 0 Å². The van der Waals surface area contributed by atoms with E-state index in [0.29, 0.717) is 13.2 Å². The molecule has 0 spiro atoms. The second kappa shape index (κ2) is 5.04. The lowest BCUT2D eigenvalue weighted by Gasteiger charge is -2.43. The fraction of sp³-hybridized carbons (Fsp3) is 0.333. The van der Waals surface area contributed by atoms with Gasteiger partial charge in [-0.1, -0.05) is 60.7 Å². The van der Waals surface area contributed by atoms with Gasteiger partial charge >= 0.3 is 0 Å². The van der Waals surface area contributed by atoms with Crippen LogP contribution in [-0.2, 0) is 20.7 Å². The van der Waals surface area contributed by atoms with Crippen molar-refractivity contribution < 1.29 is 9.47 Å². The van der Waals surface area contributed by atoms with Gasteiger partial charge in [0.2, 0.25) is 0 Å². The summed E-state index contributed by atoms with van der Waals surface area (Å²) in [7, 11) is 0. The van der Waals surface area contributed by atoms with Crippen LogP contribution in [0.5, 0.6) is 0 Å². The summed E-state index contributed by atoms with van der Waals surface area (Å²) in [5.74, 6) is 0. The van der Waals surface area contributed by atoms with E-state index in [-0.39, 0.29) is 11.2 Å². The zero-order valence-corrected chi connectivity index (χ0v) is 12.0. The number of rotatable bonds is 2. The molecule has 1 aliphatic rings. The summed E-state index contributed by atoms with van der Waals surface area (Å²) < 4.78 is 12.4. The lowest BCUT2D eigenvalue weighted by atomic mass is 9.91. The first-order chi connectivity index (χ1) is 9.62. The molecule has 0 bridgehead atoms. The van der Waals surface area contributed by atoms with Crippen LogP contribution in [0.2, 0.25) is 0 Å². The standard InChI is InChI=1S/C18H20O2/c1-17(15-9-5-3-6-10-15)13-20-18(2,14-19-17)16-11-7-4-8-12-16/h3-12H,13-14H2,1-2H3/t17-,18+. The molecule has 20 heavy (non-hydrogen) atoms. The summed E-state index contributed by atoms with van der Waals surface area (Å²) in [5, 5.41) is 0. The molecular formula is C18H20O2. The first-order valence-electron chi connectivity index (χ1n) is 7.01. The molecule has 0 aromatic heterocycles. The van der Waals surface area contributed by atoms with E-state index in [1.54, 1.807) is 0 Å². The zero-order chi connectivity index (χ0) is 14.1. The van der Waals surface area contributed by atoms with Crippen LogP contribution in [0, 0.1) is 0 Å². The molecule has 1 fully saturated rings. The van der Waals surface area contributed by atoms with Gasteiger partial charge in [-0.3, -0.25) is 0 Å². The van der Waals surface area contributed by atoms with Crippen molar-refractivity contribution in [2.45, 2.75) is 25.0 Å². The van der Waals surface area contributed by atoms with E-state index in [4.69, 9.17) is 9.47 Å². The first kappa shape index (κ1) is 13.3. The molecule has 1 saturated heterocycles. The first-order valence-corrected chi connectivity index (χ1v) is 7.01. The van der Waals surface area contributed by atoms with Crippen LogP contribution < -0.4 is 0 Å². The topological polar surface area (TPSA) is 18.5 Å². The Balaban J connectivity index is 1.80. The number of benzene rings is 2. The van der Waals surface area contributed by atoms with Gasteiger partial charge in [-0.15, -0.1) is 0 Å². The molecule has 2 heteroatoms. The third kappa shape index (κ3) is 2.37. The molecular weight excluding hydrogens is 248 g/mol. The smallest absolute Gasteiger partial charge is 0.114 e. The number of ether oxygens (including phenoxy) is 2. The lowest BCUT2D eigenvalue weighted by molar-refractivity contribution is -0.233. The van der Waals surface area contributed by atoms with E-state index in [1.807, 2.05) is 36.4 Å². The Bertz CT molecular complexity index is 501. The Morgan fingerprint density at radius 3 is 1.30 bits per heavy atom. The summed E-state index contributed by atoms with van der Waals surface area (Å²) in [6.45, 7) is 5.30. The molecule has 0 amide bonds. The van der Waals surface area contributed by atoms with Gasteiger partial charge in [0.05, 0.1) is 13.2 Å². The second-order valence-corrected chi connectivity index (χ2v) is 5.77. The highest BCUT2D eigenvalue weighted by molar-refractivity contribution is 5.25. The molecule has 0 aliphatic carbocycles. The minimum Gasteiger partial charge on any atom is -0.365 e. The Morgan fingerprint density at radius 2 is 1.00 bits per heavy atom. The lowest BCUT2D eigenvalue weighted by Crippen LogP contribution is -2.47. The van der Waals surface area contributed by atoms with Gasteiger partial charge in [-0.25, -0.2) is 0 Å². The molecule has 2 aromatic carbocycles. The SMILES string of the molecule is C[C@]1(c2ccccc2)CO[C@](C)(c2ccccc2)CO1. The molecule has 1 heterocycles. The average molecular weight is 268 g/mol. The molecule has 0 N–H and O–H groups in total. The van der Waals surface area contributed by atoms with Gasteiger partial charge < -0.3 is 9.47 Å². The fourth-order valence-corrected chi connectivity index (χ4v) is 2.59. The van der Waals surface area contributed by atoms with E-state index in [9.17, 15) is 0 Å². The Hall–Kier alpha value is -1.64. The summed E-state index contributed by atoms with van der Waals surface area (Å²) >= 11 is 0. The highest BCUT2D eigenvalue weighted by Gasteiger charge is 2.41. The molecule has 2 atom stereocenters. The quantitative estimate of drug-likeness (QED) is 0.823. The molecule has 3 rings (SSSR count). The van der Waals surface area contributed by atoms with Crippen molar-refractivity contribution in [1.82, 2.24) is 0 Å². The maximum absolute atomic E-state index is 6.20. The molecule has 2 nitrogen and oxygen atoms in total. The van der Waals surface area contributed by atoms with Gasteiger partial charge in [0.1, 0.15) is 11.2 Å². The van der Waals surface area contributed by atoms with Crippen LogP contribution in [0.3, 0.4) is 0 Å². The maximum Gasteiger partial charge on any atom is 0.114 e. The maximum atomic E-state index is 6.20. The predicted octanol–water partition coefficient (Wildman–Crippen LogP) is 3.86. The van der Waals surface area contributed by atoms with Crippen LogP contribution >= 0.6 is 0 Å². The summed E-state index contributed by atoms with van der Waals surface area (Å²) in [6.07, 6.45) is 0. The normalized spacial score (nSPS) is 30.1. The van der Waals surface area contributed by atoms with Crippen molar-refractivity contribution >= 4 is 0 Å². The largest absolute Gasteiger partial charge is 0.365 e. The van der Waals surface area contributed by atoms with Gasteiger partial charge in [0, 0.05) is 0 Å². The number of hydrogen-bond acceptors (Lipinski definition) is 2. The van der Waals surface area contributed by atoms with E-state index in [2.05, 4.69) is 38.1 Å². The highest BCUT2D eigenvalue weighted by Crippen LogP contribution is 2.37. The number of hydrogen-bond donors (Lipinski definition) is 0. The summed E-state index contributed by atoms with van der Waals surface area (Å²) in [4.78, 5) is 0. The van der Waals surface area contributed by atoms with Crippen LogP contribution in [0.4, 0.5) is 0 Å². The minimum atomic E-state index is -0.366. The van der Waals surface area contributed by atoms with Gasteiger partial charge in [-0.2, -0.15) is 0 Å². The summed E-state index contributed by atoms with van der Waals surface area (Å²) in [5.41, 5.74) is 1.59. The van der Waals surface area contributed by atoms with E-state index in [0.717, 1.165) is 11.1 Å². The van der Waals surface area contributed by atoms with Crippen LogP contribution in [0.15, 0.2) is 60.7 Å². The molecule has 1 aliphatic heterocycles. The van der Waals surface area contributed by atoms with Crippen molar-refractivity contribution in [3.8, 4) is 0 Å². The van der Waals surface area contributed by atoms with Crippen LogP contribution in [-0.4, -0.2) is 13.2 Å². The van der Waals surface area contributed by atoms with Crippen molar-refractivity contribution in [2.24, 2.45) is 0 Å². The summed E-state index contributed by atoms with van der Waals surface area (Å²) in [6, 6.07) is 20.6. The van der Waals surface area contributed by atoms with E-state index in [1.165, 1.54) is 0 Å². The van der Waals surface area contributed by atoms with Crippen molar-refractivity contribution in [3.63, 3.8) is 0 Å².